The molecule has 0 saturated carbocycles. The quantitative estimate of drug-likeness (QED) is 0.570. The number of anilines is 1. The molecule has 2 aromatic rings. The van der Waals surface area contributed by atoms with Crippen molar-refractivity contribution in [3.8, 4) is 6.07 Å². The number of fused-ring (bicyclic) bond motifs is 1. The number of hydrogen-bond donors (Lipinski definition) is 0. The van der Waals surface area contributed by atoms with Crippen LogP contribution in [0.1, 0.15) is 34.2 Å². The van der Waals surface area contributed by atoms with Crippen molar-refractivity contribution in [1.29, 1.82) is 5.26 Å². The minimum Gasteiger partial charge on any atom is -0.373 e. The smallest absolute Gasteiger partial charge is 0.373 e. The Labute approximate surface area is 212 Å². The third-order valence-corrected chi connectivity index (χ3v) is 7.59. The Bertz CT molecular complexity index is 1080. The number of aryl methyl sites for hydroxylation is 1. The van der Waals surface area contributed by atoms with E-state index in [0.717, 1.165) is 86.6 Å². The van der Waals surface area contributed by atoms with E-state index >= 15 is 0 Å². The Morgan fingerprint density at radius 2 is 1.72 bits per heavy atom. The Hall–Kier alpha value is -2.60. The van der Waals surface area contributed by atoms with Crippen LogP contribution < -0.4 is 4.90 Å². The van der Waals surface area contributed by atoms with Crippen LogP contribution in [0.5, 0.6) is 0 Å². The minimum absolute atomic E-state index is 0.375. The molecule has 1 aliphatic heterocycles. The largest absolute Gasteiger partial charge is 0.416 e. The number of piperazine rings is 1. The predicted molar refractivity (Wildman–Crippen MR) is 137 cm³/mol. The number of rotatable bonds is 7. The topological polar surface area (TPSA) is 36.8 Å². The summed E-state index contributed by atoms with van der Waals surface area (Å²) in [6, 6.07) is 13.1. The second-order valence-electron chi connectivity index (χ2n) is 10.4. The molecule has 0 N–H and O–H groups in total. The Morgan fingerprint density at radius 1 is 0.972 bits per heavy atom. The van der Waals surface area contributed by atoms with Crippen molar-refractivity contribution in [3.05, 3.63) is 64.2 Å². The van der Waals surface area contributed by atoms with Crippen LogP contribution in [0, 0.1) is 11.3 Å². The zero-order valence-corrected chi connectivity index (χ0v) is 21.5. The van der Waals surface area contributed by atoms with Gasteiger partial charge in [0.25, 0.3) is 0 Å². The molecule has 1 atom stereocenters. The van der Waals surface area contributed by atoms with E-state index in [1.54, 1.807) is 6.07 Å². The molecule has 4 rings (SSSR count). The third kappa shape index (κ3) is 6.39. The van der Waals surface area contributed by atoms with Gasteiger partial charge in [0, 0.05) is 64.6 Å². The van der Waals surface area contributed by atoms with Crippen LogP contribution in [-0.2, 0) is 25.6 Å². The molecule has 194 valence electrons. The summed E-state index contributed by atoms with van der Waals surface area (Å²) in [5.74, 6) is 0. The molecule has 1 saturated heterocycles. The fourth-order valence-corrected chi connectivity index (χ4v) is 5.29. The van der Waals surface area contributed by atoms with Crippen LogP contribution in [0.15, 0.2) is 36.4 Å². The van der Waals surface area contributed by atoms with Gasteiger partial charge in [-0.15, -0.1) is 0 Å². The molecule has 8 heteroatoms. The lowest BCUT2D eigenvalue weighted by Gasteiger charge is -2.41. The highest BCUT2D eigenvalue weighted by molar-refractivity contribution is 5.53. The molecule has 0 spiro atoms. The molecule has 0 radical (unpaired) electrons. The summed E-state index contributed by atoms with van der Waals surface area (Å²) in [4.78, 5) is 9.28. The van der Waals surface area contributed by atoms with Gasteiger partial charge < -0.3 is 9.80 Å². The normalized spacial score (nSPS) is 19.2. The summed E-state index contributed by atoms with van der Waals surface area (Å²) in [5, 5.41) is 9.65. The summed E-state index contributed by atoms with van der Waals surface area (Å²) in [6.07, 6.45) is -1.87. The summed E-state index contributed by atoms with van der Waals surface area (Å²) in [6.45, 7) is 6.33. The molecular formula is C28H36F3N5. The van der Waals surface area contributed by atoms with E-state index in [4.69, 9.17) is 0 Å². The minimum atomic E-state index is -4.28. The summed E-state index contributed by atoms with van der Waals surface area (Å²) in [7, 11) is 6.21. The monoisotopic (exact) mass is 499 g/mol. The Kier molecular flexibility index (Phi) is 8.23. The van der Waals surface area contributed by atoms with E-state index in [9.17, 15) is 18.4 Å². The lowest BCUT2D eigenvalue weighted by Crippen LogP contribution is -2.51. The van der Waals surface area contributed by atoms with Gasteiger partial charge in [-0.2, -0.15) is 18.4 Å². The predicted octanol–water partition coefficient (Wildman–Crippen LogP) is 4.25. The van der Waals surface area contributed by atoms with Crippen LogP contribution in [0.4, 0.5) is 18.9 Å². The van der Waals surface area contributed by atoms with Crippen LogP contribution in [0.2, 0.25) is 0 Å². The zero-order chi connectivity index (χ0) is 25.9. The maximum Gasteiger partial charge on any atom is 0.416 e. The van der Waals surface area contributed by atoms with Gasteiger partial charge in [0.05, 0.1) is 17.2 Å². The summed E-state index contributed by atoms with van der Waals surface area (Å²) in [5.41, 5.74) is 4.27. The first kappa shape index (κ1) is 26.5. The highest BCUT2D eigenvalue weighted by atomic mass is 19.4. The van der Waals surface area contributed by atoms with Gasteiger partial charge in [-0.25, -0.2) is 0 Å². The van der Waals surface area contributed by atoms with Crippen molar-refractivity contribution in [2.75, 3.05) is 65.3 Å². The average molecular weight is 500 g/mol. The van der Waals surface area contributed by atoms with Crippen molar-refractivity contribution in [3.63, 3.8) is 0 Å². The standard InChI is InChI=1S/C28H36F3N5/c1-33(2)10-11-34(3)26-8-6-23(19-32)24(18-26)20-35-12-14-36(15-13-35)27-9-5-21-16-25(28(29,30)31)7-4-22(21)17-27/h4,6-8,16,18,27H,5,9-15,17,20H2,1-3H3. The second-order valence-corrected chi connectivity index (χ2v) is 10.4. The molecule has 2 aliphatic rings. The lowest BCUT2D eigenvalue weighted by atomic mass is 9.86. The molecular weight excluding hydrogens is 463 g/mol. The SMILES string of the molecule is CN(C)CCN(C)c1ccc(C#N)c(CN2CCN(C3CCc4cc(C(F)(F)F)ccc4C3)CC2)c1. The first-order valence-electron chi connectivity index (χ1n) is 12.7. The van der Waals surface area contributed by atoms with Crippen molar-refractivity contribution >= 4 is 5.69 Å². The number of halogens is 3. The molecule has 5 nitrogen and oxygen atoms in total. The molecule has 1 aliphatic carbocycles. The number of nitrogens with zero attached hydrogens (tertiary/aromatic N) is 5. The number of hydrogen-bond acceptors (Lipinski definition) is 5. The van der Waals surface area contributed by atoms with Crippen molar-refractivity contribution in [2.24, 2.45) is 0 Å². The van der Waals surface area contributed by atoms with E-state index in [1.807, 2.05) is 12.1 Å². The van der Waals surface area contributed by atoms with E-state index in [2.05, 4.69) is 52.9 Å². The second kappa shape index (κ2) is 11.2. The summed E-state index contributed by atoms with van der Waals surface area (Å²) >= 11 is 0. The zero-order valence-electron chi connectivity index (χ0n) is 21.5. The van der Waals surface area contributed by atoms with Gasteiger partial charge in [-0.3, -0.25) is 9.80 Å². The van der Waals surface area contributed by atoms with Gasteiger partial charge in [-0.1, -0.05) is 6.07 Å². The van der Waals surface area contributed by atoms with Gasteiger partial charge in [0.1, 0.15) is 0 Å². The Morgan fingerprint density at radius 3 is 2.39 bits per heavy atom. The van der Waals surface area contributed by atoms with Crippen LogP contribution >= 0.6 is 0 Å². The fourth-order valence-electron chi connectivity index (χ4n) is 5.29. The average Bonchev–Trinajstić information content (AvgIpc) is 2.86. The number of alkyl halides is 3. The summed E-state index contributed by atoms with van der Waals surface area (Å²) < 4.78 is 39.2. The molecule has 36 heavy (non-hydrogen) atoms. The molecule has 1 fully saturated rings. The number of nitriles is 1. The van der Waals surface area contributed by atoms with Gasteiger partial charge in [0.15, 0.2) is 0 Å². The first-order valence-corrected chi connectivity index (χ1v) is 12.7. The third-order valence-electron chi connectivity index (χ3n) is 7.59. The number of benzene rings is 2. The van der Waals surface area contributed by atoms with Gasteiger partial charge in [0.2, 0.25) is 0 Å². The highest BCUT2D eigenvalue weighted by Gasteiger charge is 2.33. The van der Waals surface area contributed by atoms with E-state index in [0.29, 0.717) is 12.5 Å². The van der Waals surface area contributed by atoms with Crippen molar-refractivity contribution in [2.45, 2.75) is 38.0 Å². The van der Waals surface area contributed by atoms with Crippen molar-refractivity contribution < 1.29 is 13.2 Å². The first-order chi connectivity index (χ1) is 17.1. The fraction of sp³-hybridized carbons (Fsp3) is 0.536. The number of likely N-dealkylation sites (N-methyl/N-ethyl adjacent to an activating group) is 2. The van der Waals surface area contributed by atoms with E-state index < -0.39 is 11.7 Å². The van der Waals surface area contributed by atoms with Crippen molar-refractivity contribution in [1.82, 2.24) is 14.7 Å². The van der Waals surface area contributed by atoms with E-state index in [1.165, 1.54) is 12.1 Å². The molecule has 1 heterocycles. The van der Waals surface area contributed by atoms with Crippen LogP contribution in [-0.4, -0.2) is 81.2 Å². The molecule has 2 aromatic carbocycles. The highest BCUT2D eigenvalue weighted by Crippen LogP contribution is 2.33. The van der Waals surface area contributed by atoms with Crippen LogP contribution in [0.25, 0.3) is 0 Å². The van der Waals surface area contributed by atoms with Gasteiger partial charge >= 0.3 is 6.18 Å². The van der Waals surface area contributed by atoms with E-state index in [-0.39, 0.29) is 0 Å². The maximum absolute atomic E-state index is 13.1. The molecule has 0 aromatic heterocycles. The molecule has 0 amide bonds. The maximum atomic E-state index is 13.1. The Balaban J connectivity index is 1.34. The lowest BCUT2D eigenvalue weighted by molar-refractivity contribution is -0.137. The van der Waals surface area contributed by atoms with Gasteiger partial charge in [-0.05, 0) is 80.4 Å². The van der Waals surface area contributed by atoms with Crippen LogP contribution in [0.3, 0.4) is 0 Å². The molecule has 1 unspecified atom stereocenters. The molecule has 0 bridgehead atoms.